The van der Waals surface area contributed by atoms with Gasteiger partial charge in [0.25, 0.3) is 0 Å². The van der Waals surface area contributed by atoms with Crippen LogP contribution >= 0.6 is 0 Å². The van der Waals surface area contributed by atoms with E-state index in [0.29, 0.717) is 18.3 Å². The molecule has 0 aliphatic carbocycles. The molecule has 0 bridgehead atoms. The fraction of sp³-hybridized carbons (Fsp3) is 0.800. The van der Waals surface area contributed by atoms with Crippen LogP contribution in [-0.2, 0) is 19.0 Å². The molecule has 2 fully saturated rings. The first kappa shape index (κ1) is 26.0. The molecule has 2 aliphatic heterocycles. The Hall–Kier alpha value is -1.21. The van der Waals surface area contributed by atoms with Crippen molar-refractivity contribution in [3.8, 4) is 0 Å². The van der Waals surface area contributed by atoms with Gasteiger partial charge in [0.05, 0.1) is 49.7 Å². The maximum absolute atomic E-state index is 11.6. The van der Waals surface area contributed by atoms with Crippen molar-refractivity contribution in [2.45, 2.75) is 103 Å². The molecule has 2 heterocycles. The Labute approximate surface area is 187 Å². The lowest BCUT2D eigenvalue weighted by Gasteiger charge is -2.38. The third kappa shape index (κ3) is 7.41. The quantitative estimate of drug-likeness (QED) is 0.306. The van der Waals surface area contributed by atoms with E-state index in [1.54, 1.807) is 0 Å². The molecule has 31 heavy (non-hydrogen) atoms. The number of hydrogen-bond donors (Lipinski definition) is 2. The highest BCUT2D eigenvalue weighted by molar-refractivity contribution is 5.69. The zero-order valence-corrected chi connectivity index (χ0v) is 20.2. The van der Waals surface area contributed by atoms with E-state index in [4.69, 9.17) is 14.2 Å². The molecule has 0 spiro atoms. The Morgan fingerprint density at radius 2 is 2.00 bits per heavy atom. The van der Waals surface area contributed by atoms with E-state index in [2.05, 4.69) is 26.8 Å². The van der Waals surface area contributed by atoms with E-state index in [0.717, 1.165) is 18.4 Å². The normalized spacial score (nSPS) is 36.8. The highest BCUT2D eigenvalue weighted by atomic mass is 16.6. The summed E-state index contributed by atoms with van der Waals surface area (Å²) in [5.41, 5.74) is 0.908. The zero-order chi connectivity index (χ0) is 23.3. The molecule has 2 aliphatic rings. The highest BCUT2D eigenvalue weighted by Crippen LogP contribution is 2.46. The maximum Gasteiger partial charge on any atom is 0.308 e. The van der Waals surface area contributed by atoms with Crippen molar-refractivity contribution in [3.63, 3.8) is 0 Å². The van der Waals surface area contributed by atoms with Crippen LogP contribution in [0.2, 0.25) is 0 Å². The number of carbonyl (C=O) groups excluding carboxylic acids is 1. The maximum atomic E-state index is 11.6. The van der Waals surface area contributed by atoms with Gasteiger partial charge in [0.2, 0.25) is 0 Å². The Bertz CT molecular complexity index is 656. The minimum atomic E-state index is -0.507. The van der Waals surface area contributed by atoms with Crippen molar-refractivity contribution >= 4 is 5.97 Å². The number of esters is 1. The number of allylic oxidation sites excluding steroid dienone is 3. The summed E-state index contributed by atoms with van der Waals surface area (Å²) in [7, 11) is 1.36. The van der Waals surface area contributed by atoms with E-state index in [9.17, 15) is 15.0 Å². The van der Waals surface area contributed by atoms with Crippen molar-refractivity contribution in [1.82, 2.24) is 0 Å². The average Bonchev–Trinajstić information content (AvgIpc) is 3.34. The molecule has 2 saturated heterocycles. The number of aliphatic hydroxyl groups is 2. The van der Waals surface area contributed by atoms with Crippen LogP contribution in [0.5, 0.6) is 0 Å². The van der Waals surface area contributed by atoms with Crippen LogP contribution in [0.3, 0.4) is 0 Å². The zero-order valence-electron chi connectivity index (χ0n) is 20.2. The number of epoxide rings is 1. The van der Waals surface area contributed by atoms with E-state index < -0.39 is 6.10 Å². The van der Waals surface area contributed by atoms with Crippen LogP contribution in [-0.4, -0.2) is 59.4 Å². The molecule has 0 aromatic carbocycles. The third-order valence-corrected chi connectivity index (χ3v) is 6.70. The lowest BCUT2D eigenvalue weighted by atomic mass is 9.85. The number of rotatable bonds is 10. The van der Waals surface area contributed by atoms with Gasteiger partial charge in [0, 0.05) is 12.3 Å². The molecule has 9 atom stereocenters. The fourth-order valence-corrected chi connectivity index (χ4v) is 4.99. The summed E-state index contributed by atoms with van der Waals surface area (Å²) in [6.45, 7) is 12.3. The summed E-state index contributed by atoms with van der Waals surface area (Å²) >= 11 is 0. The molecule has 6 nitrogen and oxygen atoms in total. The second-order valence-electron chi connectivity index (χ2n) is 10.0. The van der Waals surface area contributed by atoms with Crippen LogP contribution in [0.1, 0.15) is 67.2 Å². The van der Waals surface area contributed by atoms with Gasteiger partial charge in [-0.2, -0.15) is 0 Å². The fourth-order valence-electron chi connectivity index (χ4n) is 4.99. The van der Waals surface area contributed by atoms with Crippen LogP contribution in [0.4, 0.5) is 0 Å². The number of carbonyl (C=O) groups is 1. The van der Waals surface area contributed by atoms with Crippen LogP contribution in [0.25, 0.3) is 0 Å². The van der Waals surface area contributed by atoms with Crippen molar-refractivity contribution in [2.75, 3.05) is 7.11 Å². The van der Waals surface area contributed by atoms with E-state index in [1.165, 1.54) is 7.11 Å². The lowest BCUT2D eigenvalue weighted by Crippen LogP contribution is -2.44. The van der Waals surface area contributed by atoms with Gasteiger partial charge >= 0.3 is 5.97 Å². The van der Waals surface area contributed by atoms with Gasteiger partial charge in [-0.25, -0.2) is 0 Å². The first-order chi connectivity index (χ1) is 14.5. The van der Waals surface area contributed by atoms with Gasteiger partial charge in [0.15, 0.2) is 0 Å². The first-order valence-corrected chi connectivity index (χ1v) is 11.6. The molecule has 2 rings (SSSR count). The summed E-state index contributed by atoms with van der Waals surface area (Å²) in [6, 6.07) is 0. The van der Waals surface area contributed by atoms with E-state index >= 15 is 0 Å². The molecule has 0 aromatic rings. The van der Waals surface area contributed by atoms with Crippen LogP contribution < -0.4 is 0 Å². The second kappa shape index (κ2) is 11.1. The smallest absolute Gasteiger partial charge is 0.308 e. The molecule has 0 amide bonds. The Morgan fingerprint density at radius 1 is 1.32 bits per heavy atom. The van der Waals surface area contributed by atoms with Gasteiger partial charge in [-0.05, 0) is 51.0 Å². The minimum absolute atomic E-state index is 0.0362. The standard InChI is InChI=1S/C25H42O6/c1-15(14-25(6)24(31-25)17(3)11-18(4)26)9-8-10-16(2)23-19(5)21(27)12-20(30-23)13-22(28)29-7/h8-10,15,17-21,23-24,26-27H,11-14H2,1-7H3/b9-8+,16-10+/t15-,17-,18-,19+,20-,21-,23-,24-,25-/m1/s1. The lowest BCUT2D eigenvalue weighted by molar-refractivity contribution is -0.153. The van der Waals surface area contributed by atoms with Gasteiger partial charge in [0.1, 0.15) is 0 Å². The van der Waals surface area contributed by atoms with E-state index in [-0.39, 0.29) is 48.3 Å². The number of aliphatic hydroxyl groups excluding tert-OH is 2. The van der Waals surface area contributed by atoms with Gasteiger partial charge in [-0.3, -0.25) is 4.79 Å². The number of methoxy groups -OCH3 is 1. The van der Waals surface area contributed by atoms with E-state index in [1.807, 2.05) is 32.9 Å². The molecule has 0 saturated carbocycles. The van der Waals surface area contributed by atoms with Crippen molar-refractivity contribution < 1.29 is 29.2 Å². The minimum Gasteiger partial charge on any atom is -0.469 e. The summed E-state index contributed by atoms with van der Waals surface area (Å²) in [5, 5.41) is 20.0. The molecule has 0 unspecified atom stereocenters. The molecule has 0 aromatic heterocycles. The summed E-state index contributed by atoms with van der Waals surface area (Å²) < 4.78 is 16.9. The van der Waals surface area contributed by atoms with Gasteiger partial charge < -0.3 is 24.4 Å². The van der Waals surface area contributed by atoms with Crippen LogP contribution in [0, 0.1) is 17.8 Å². The van der Waals surface area contributed by atoms with Gasteiger partial charge in [-0.15, -0.1) is 0 Å². The SMILES string of the molecule is COC(=O)C[C@H]1C[C@@H](O)[C@H](C)[C@@H](/C(C)=C/C=C/[C@@H](C)C[C@@]2(C)O[C@@H]2[C@H](C)C[C@@H](C)O)O1. The second-order valence-corrected chi connectivity index (χ2v) is 10.0. The summed E-state index contributed by atoms with van der Waals surface area (Å²) in [6.07, 6.45) is 7.39. The monoisotopic (exact) mass is 438 g/mol. The van der Waals surface area contributed by atoms with Crippen molar-refractivity contribution in [3.05, 3.63) is 23.8 Å². The number of ether oxygens (including phenoxy) is 3. The predicted octanol–water partition coefficient (Wildman–Crippen LogP) is 3.80. The molecule has 178 valence electrons. The molecule has 6 heteroatoms. The number of hydrogen-bond acceptors (Lipinski definition) is 6. The Balaban J connectivity index is 1.90. The molecule has 0 radical (unpaired) electrons. The molecular weight excluding hydrogens is 396 g/mol. The predicted molar refractivity (Wildman–Crippen MR) is 120 cm³/mol. The molecule has 2 N–H and O–H groups in total. The van der Waals surface area contributed by atoms with Crippen LogP contribution in [0.15, 0.2) is 23.8 Å². The van der Waals surface area contributed by atoms with Crippen molar-refractivity contribution in [2.24, 2.45) is 17.8 Å². The highest BCUT2D eigenvalue weighted by Gasteiger charge is 2.54. The summed E-state index contributed by atoms with van der Waals surface area (Å²) in [4.78, 5) is 11.6. The van der Waals surface area contributed by atoms with Crippen molar-refractivity contribution in [1.29, 1.82) is 0 Å². The third-order valence-electron chi connectivity index (χ3n) is 6.70. The first-order valence-electron chi connectivity index (χ1n) is 11.6. The Morgan fingerprint density at radius 3 is 2.61 bits per heavy atom. The van der Waals surface area contributed by atoms with Gasteiger partial charge in [-0.1, -0.05) is 39.0 Å². The largest absolute Gasteiger partial charge is 0.469 e. The topological polar surface area (TPSA) is 88.5 Å². The summed E-state index contributed by atoms with van der Waals surface area (Å²) in [5.74, 6) is 0.335. The average molecular weight is 439 g/mol. The Kier molecular flexibility index (Phi) is 9.31. The molecular formula is C25H42O6.